The number of aromatic nitrogens is 2. The third-order valence-electron chi connectivity index (χ3n) is 3.25. The highest BCUT2D eigenvalue weighted by molar-refractivity contribution is 6.02. The summed E-state index contributed by atoms with van der Waals surface area (Å²) in [5.74, 6) is -1.16. The Morgan fingerprint density at radius 2 is 1.83 bits per heavy atom. The molecule has 1 amide bonds. The zero-order valence-corrected chi connectivity index (χ0v) is 12.0. The van der Waals surface area contributed by atoms with Crippen LogP contribution in [0.2, 0.25) is 0 Å². The Kier molecular flexibility index (Phi) is 4.14. The molecule has 0 saturated carbocycles. The molecule has 0 aliphatic rings. The van der Waals surface area contributed by atoms with Crippen molar-refractivity contribution in [3.8, 4) is 0 Å². The monoisotopic (exact) mass is 313 g/mol. The van der Waals surface area contributed by atoms with E-state index in [9.17, 15) is 13.6 Å². The number of halogens is 2. The average Bonchev–Trinajstić information content (AvgIpc) is 2.98. The lowest BCUT2D eigenvalue weighted by molar-refractivity contribution is 0.102. The molecule has 1 aromatic heterocycles. The molecule has 2 aromatic carbocycles. The number of carbonyl (C=O) groups excluding carboxylic acids is 1. The second-order valence-corrected chi connectivity index (χ2v) is 5.05. The average molecular weight is 313 g/mol. The maximum atomic E-state index is 13.1. The van der Waals surface area contributed by atoms with E-state index < -0.39 is 11.7 Å². The zero-order valence-electron chi connectivity index (χ0n) is 12.0. The molecular weight excluding hydrogens is 300 g/mol. The largest absolute Gasteiger partial charge is 0.320 e. The molecule has 1 heterocycles. The van der Waals surface area contributed by atoms with E-state index >= 15 is 0 Å². The van der Waals surface area contributed by atoms with E-state index in [2.05, 4.69) is 15.5 Å². The number of nitrogens with one attached hydrogen (secondary N) is 2. The van der Waals surface area contributed by atoms with E-state index in [0.29, 0.717) is 12.1 Å². The van der Waals surface area contributed by atoms with Crippen LogP contribution in [0.5, 0.6) is 0 Å². The van der Waals surface area contributed by atoms with Gasteiger partial charge in [0.15, 0.2) is 5.69 Å². The summed E-state index contributed by atoms with van der Waals surface area (Å²) in [5.41, 5.74) is 2.18. The van der Waals surface area contributed by atoms with Crippen molar-refractivity contribution in [2.24, 2.45) is 0 Å². The van der Waals surface area contributed by atoms with Gasteiger partial charge < -0.3 is 5.32 Å². The van der Waals surface area contributed by atoms with Gasteiger partial charge in [0, 0.05) is 17.8 Å². The van der Waals surface area contributed by atoms with Crippen LogP contribution in [-0.2, 0) is 6.42 Å². The zero-order chi connectivity index (χ0) is 16.2. The molecule has 6 heteroatoms. The lowest BCUT2D eigenvalue weighted by Gasteiger charge is -2.02. The summed E-state index contributed by atoms with van der Waals surface area (Å²) < 4.78 is 26.0. The Labute approximate surface area is 131 Å². The van der Waals surface area contributed by atoms with Gasteiger partial charge in [-0.1, -0.05) is 18.2 Å². The first-order chi connectivity index (χ1) is 11.1. The molecule has 23 heavy (non-hydrogen) atoms. The van der Waals surface area contributed by atoms with E-state index in [1.807, 2.05) is 0 Å². The van der Waals surface area contributed by atoms with Crippen LogP contribution in [0.1, 0.15) is 21.7 Å². The summed E-state index contributed by atoms with van der Waals surface area (Å²) in [6.45, 7) is 0. The van der Waals surface area contributed by atoms with Crippen LogP contribution in [0, 0.1) is 11.6 Å². The number of hydrogen-bond donors (Lipinski definition) is 2. The molecule has 0 bridgehead atoms. The molecule has 2 N–H and O–H groups in total. The van der Waals surface area contributed by atoms with Crippen LogP contribution in [0.25, 0.3) is 0 Å². The maximum absolute atomic E-state index is 13.1. The highest BCUT2D eigenvalue weighted by atomic mass is 19.1. The number of carbonyl (C=O) groups is 1. The molecule has 4 nitrogen and oxygen atoms in total. The second kappa shape index (κ2) is 6.39. The van der Waals surface area contributed by atoms with E-state index in [0.717, 1.165) is 11.3 Å². The van der Waals surface area contributed by atoms with Crippen molar-refractivity contribution in [2.45, 2.75) is 6.42 Å². The van der Waals surface area contributed by atoms with Gasteiger partial charge in [0.1, 0.15) is 11.6 Å². The molecule has 0 saturated heterocycles. The lowest BCUT2D eigenvalue weighted by Crippen LogP contribution is -2.12. The molecule has 0 spiro atoms. The van der Waals surface area contributed by atoms with E-state index in [1.165, 1.54) is 30.3 Å². The van der Waals surface area contributed by atoms with Gasteiger partial charge in [0.25, 0.3) is 5.91 Å². The molecule has 3 aromatic rings. The third-order valence-corrected chi connectivity index (χ3v) is 3.25. The Hall–Kier alpha value is -3.02. The van der Waals surface area contributed by atoms with Crippen molar-refractivity contribution in [3.05, 3.63) is 83.2 Å². The fourth-order valence-electron chi connectivity index (χ4n) is 2.15. The van der Waals surface area contributed by atoms with Gasteiger partial charge in [-0.25, -0.2) is 8.78 Å². The molecule has 0 unspecified atom stereocenters. The molecule has 0 aliphatic carbocycles. The first kappa shape index (κ1) is 14.9. The van der Waals surface area contributed by atoms with Gasteiger partial charge in [-0.05, 0) is 42.0 Å². The van der Waals surface area contributed by atoms with Crippen LogP contribution in [0.4, 0.5) is 14.5 Å². The van der Waals surface area contributed by atoms with Crippen LogP contribution in [0.3, 0.4) is 0 Å². The number of hydrogen-bond acceptors (Lipinski definition) is 2. The van der Waals surface area contributed by atoms with Crippen molar-refractivity contribution in [3.63, 3.8) is 0 Å². The number of aromatic amines is 1. The number of nitrogens with zero attached hydrogens (tertiary/aromatic N) is 1. The van der Waals surface area contributed by atoms with Crippen molar-refractivity contribution >= 4 is 11.6 Å². The summed E-state index contributed by atoms with van der Waals surface area (Å²) in [4.78, 5) is 12.1. The van der Waals surface area contributed by atoms with Gasteiger partial charge in [0.2, 0.25) is 0 Å². The number of anilines is 1. The number of benzene rings is 2. The number of H-pyrrole nitrogens is 1. The van der Waals surface area contributed by atoms with Crippen molar-refractivity contribution in [1.82, 2.24) is 10.2 Å². The predicted molar refractivity (Wildman–Crippen MR) is 82.1 cm³/mol. The molecule has 0 aliphatic heterocycles. The molecular formula is C17H13F2N3O. The van der Waals surface area contributed by atoms with Crippen LogP contribution in [0.15, 0.2) is 54.6 Å². The van der Waals surface area contributed by atoms with Crippen LogP contribution >= 0.6 is 0 Å². The second-order valence-electron chi connectivity index (χ2n) is 5.05. The Balaban J connectivity index is 1.68. The van der Waals surface area contributed by atoms with Gasteiger partial charge in [-0.3, -0.25) is 9.89 Å². The minimum Gasteiger partial charge on any atom is -0.320 e. The van der Waals surface area contributed by atoms with Crippen LogP contribution in [-0.4, -0.2) is 16.1 Å². The summed E-state index contributed by atoms with van der Waals surface area (Å²) in [6.07, 6.45) is 0.501. The Morgan fingerprint density at radius 1 is 1.04 bits per heavy atom. The van der Waals surface area contributed by atoms with E-state index in [1.54, 1.807) is 24.3 Å². The first-order valence-electron chi connectivity index (χ1n) is 6.96. The highest BCUT2D eigenvalue weighted by Gasteiger charge is 2.11. The maximum Gasteiger partial charge on any atom is 0.276 e. The minimum atomic E-state index is -0.433. The van der Waals surface area contributed by atoms with Gasteiger partial charge in [0.05, 0.1) is 0 Å². The van der Waals surface area contributed by atoms with Crippen molar-refractivity contribution < 1.29 is 13.6 Å². The van der Waals surface area contributed by atoms with Gasteiger partial charge >= 0.3 is 0 Å². The fraction of sp³-hybridized carbons (Fsp3) is 0.0588. The lowest BCUT2D eigenvalue weighted by atomic mass is 10.1. The molecule has 116 valence electrons. The third kappa shape index (κ3) is 3.79. The molecule has 0 radical (unpaired) electrons. The van der Waals surface area contributed by atoms with Crippen molar-refractivity contribution in [2.75, 3.05) is 5.32 Å². The summed E-state index contributed by atoms with van der Waals surface area (Å²) in [5, 5.41) is 9.28. The SMILES string of the molecule is O=C(Nc1cccc(F)c1)c1cc(Cc2ccc(F)cc2)[nH]n1. The fourth-order valence-corrected chi connectivity index (χ4v) is 2.15. The highest BCUT2D eigenvalue weighted by Crippen LogP contribution is 2.13. The minimum absolute atomic E-state index is 0.200. The summed E-state index contributed by atoms with van der Waals surface area (Å²) in [7, 11) is 0. The topological polar surface area (TPSA) is 57.8 Å². The molecule has 0 atom stereocenters. The smallest absolute Gasteiger partial charge is 0.276 e. The Morgan fingerprint density at radius 3 is 2.57 bits per heavy atom. The van der Waals surface area contributed by atoms with Gasteiger partial charge in [-0.2, -0.15) is 5.10 Å². The van der Waals surface area contributed by atoms with E-state index in [4.69, 9.17) is 0 Å². The quantitative estimate of drug-likeness (QED) is 0.774. The van der Waals surface area contributed by atoms with Crippen LogP contribution < -0.4 is 5.32 Å². The summed E-state index contributed by atoms with van der Waals surface area (Å²) >= 11 is 0. The van der Waals surface area contributed by atoms with Gasteiger partial charge in [-0.15, -0.1) is 0 Å². The number of rotatable bonds is 4. The van der Waals surface area contributed by atoms with Crippen molar-refractivity contribution in [1.29, 1.82) is 0 Å². The normalized spacial score (nSPS) is 10.5. The molecule has 0 fully saturated rings. The van der Waals surface area contributed by atoms with E-state index in [-0.39, 0.29) is 11.5 Å². The summed E-state index contributed by atoms with van der Waals surface area (Å²) in [6, 6.07) is 13.3. The first-order valence-corrected chi connectivity index (χ1v) is 6.96. The predicted octanol–water partition coefficient (Wildman–Crippen LogP) is 3.53. The number of amides is 1. The molecule has 3 rings (SSSR count). The standard InChI is InChI=1S/C17H13F2N3O/c18-12-6-4-11(5-7-12)8-15-10-16(22-21-15)17(23)20-14-3-1-2-13(19)9-14/h1-7,9-10H,8H2,(H,20,23)(H,21,22). The Bertz CT molecular complexity index is 828.